The molecule has 0 amide bonds. The van der Waals surface area contributed by atoms with E-state index >= 15 is 0 Å². The largest absolute Gasteiger partial charge is 0.490 e. The normalized spacial score (nSPS) is 28.2. The molecule has 1 nitrogen and oxygen atoms in total. The van der Waals surface area contributed by atoms with E-state index in [9.17, 15) is 0 Å². The number of hydrogen-bond donors (Lipinski definition) is 0. The van der Waals surface area contributed by atoms with E-state index in [4.69, 9.17) is 16.3 Å². The molecular weight excluding hydrogens is 280 g/mol. The molecule has 0 N–H and O–H groups in total. The lowest BCUT2D eigenvalue weighted by molar-refractivity contribution is -0.0512. The second kappa shape index (κ2) is 6.20. The summed E-state index contributed by atoms with van der Waals surface area (Å²) in [6, 6.07) is 8.60. The van der Waals surface area contributed by atoms with E-state index in [2.05, 4.69) is 38.1 Å². The van der Waals surface area contributed by atoms with Gasteiger partial charge < -0.3 is 4.74 Å². The molecule has 0 radical (unpaired) electrons. The Bertz CT molecular complexity index is 474. The summed E-state index contributed by atoms with van der Waals surface area (Å²) < 4.78 is 6.38. The third-order valence-electron chi connectivity index (χ3n) is 5.52. The van der Waals surface area contributed by atoms with Crippen molar-refractivity contribution < 1.29 is 4.74 Å². The fourth-order valence-electron chi connectivity index (χ4n) is 4.00. The van der Waals surface area contributed by atoms with Crippen molar-refractivity contribution in [1.29, 1.82) is 0 Å². The molecule has 1 aromatic rings. The Morgan fingerprint density at radius 3 is 2.48 bits per heavy atom. The van der Waals surface area contributed by atoms with Gasteiger partial charge in [0.1, 0.15) is 11.9 Å². The van der Waals surface area contributed by atoms with Gasteiger partial charge in [0.05, 0.1) is 0 Å². The first kappa shape index (κ1) is 15.2. The third-order valence-corrected chi connectivity index (χ3v) is 6.14. The van der Waals surface area contributed by atoms with Gasteiger partial charge in [0.15, 0.2) is 0 Å². The van der Waals surface area contributed by atoms with Crippen LogP contribution in [0.3, 0.4) is 0 Å². The SMILES string of the molecule is CC(C)c1cccc(OC2CC(Cl)C23CCCCCC3)c1. The van der Waals surface area contributed by atoms with Crippen LogP contribution in [0.25, 0.3) is 0 Å². The quantitative estimate of drug-likeness (QED) is 0.631. The van der Waals surface area contributed by atoms with Crippen LogP contribution < -0.4 is 4.74 Å². The first-order valence-corrected chi connectivity index (χ1v) is 8.96. The third kappa shape index (κ3) is 2.95. The number of halogens is 1. The Labute approximate surface area is 134 Å². The highest BCUT2D eigenvalue weighted by Gasteiger charge is 2.55. The molecule has 116 valence electrons. The minimum atomic E-state index is 0.242. The molecule has 1 aromatic carbocycles. The van der Waals surface area contributed by atoms with Crippen molar-refractivity contribution in [2.75, 3.05) is 0 Å². The number of alkyl halides is 1. The molecule has 0 heterocycles. The lowest BCUT2D eigenvalue weighted by Crippen LogP contribution is -2.57. The standard InChI is InChI=1S/C19H27ClO/c1-14(2)15-8-7-9-16(12-15)21-18-13-17(20)19(18)10-5-3-4-6-11-19/h7-9,12,14,17-18H,3-6,10-11,13H2,1-2H3. The highest BCUT2D eigenvalue weighted by molar-refractivity contribution is 6.21. The molecule has 2 unspecified atom stereocenters. The molecule has 0 bridgehead atoms. The van der Waals surface area contributed by atoms with Gasteiger partial charge in [0, 0.05) is 17.2 Å². The van der Waals surface area contributed by atoms with E-state index in [1.165, 1.54) is 44.1 Å². The van der Waals surface area contributed by atoms with Crippen LogP contribution in [0.15, 0.2) is 24.3 Å². The average Bonchev–Trinajstić information content (AvgIpc) is 2.75. The van der Waals surface area contributed by atoms with Crippen LogP contribution >= 0.6 is 11.6 Å². The predicted octanol–water partition coefficient (Wildman–Crippen LogP) is 5.91. The van der Waals surface area contributed by atoms with Crippen LogP contribution in [-0.4, -0.2) is 11.5 Å². The molecular formula is C19H27ClO. The highest BCUT2D eigenvalue weighted by Crippen LogP contribution is 2.55. The van der Waals surface area contributed by atoms with Crippen molar-refractivity contribution in [3.05, 3.63) is 29.8 Å². The summed E-state index contributed by atoms with van der Waals surface area (Å²) in [7, 11) is 0. The minimum absolute atomic E-state index is 0.242. The minimum Gasteiger partial charge on any atom is -0.490 e. The summed E-state index contributed by atoms with van der Waals surface area (Å²) in [4.78, 5) is 0. The van der Waals surface area contributed by atoms with Crippen LogP contribution in [0.1, 0.15) is 70.3 Å². The lowest BCUT2D eigenvalue weighted by atomic mass is 9.61. The topological polar surface area (TPSA) is 9.23 Å². The zero-order valence-corrected chi connectivity index (χ0v) is 14.0. The monoisotopic (exact) mass is 306 g/mol. The van der Waals surface area contributed by atoms with Gasteiger partial charge in [-0.15, -0.1) is 11.6 Å². The molecule has 0 saturated heterocycles. The van der Waals surface area contributed by atoms with Gasteiger partial charge in [-0.05, 0) is 36.5 Å². The molecule has 0 aromatic heterocycles. The molecule has 2 aliphatic carbocycles. The summed E-state index contributed by atoms with van der Waals surface area (Å²) in [5.74, 6) is 1.57. The summed E-state index contributed by atoms with van der Waals surface area (Å²) >= 11 is 6.62. The van der Waals surface area contributed by atoms with Crippen LogP contribution in [0.2, 0.25) is 0 Å². The Hall–Kier alpha value is -0.690. The number of benzene rings is 1. The number of ether oxygens (including phenoxy) is 1. The van der Waals surface area contributed by atoms with E-state index in [1.54, 1.807) is 0 Å². The van der Waals surface area contributed by atoms with Crippen molar-refractivity contribution in [3.63, 3.8) is 0 Å². The van der Waals surface area contributed by atoms with Crippen LogP contribution in [0.5, 0.6) is 5.75 Å². The first-order valence-electron chi connectivity index (χ1n) is 8.52. The van der Waals surface area contributed by atoms with Crippen LogP contribution in [-0.2, 0) is 0 Å². The van der Waals surface area contributed by atoms with Crippen LogP contribution in [0.4, 0.5) is 0 Å². The molecule has 3 rings (SSSR count). The van der Waals surface area contributed by atoms with E-state index in [0.29, 0.717) is 17.4 Å². The van der Waals surface area contributed by atoms with E-state index in [-0.39, 0.29) is 5.41 Å². The molecule has 1 spiro atoms. The Balaban J connectivity index is 1.74. The van der Waals surface area contributed by atoms with Gasteiger partial charge in [-0.2, -0.15) is 0 Å². The van der Waals surface area contributed by atoms with E-state index in [0.717, 1.165) is 12.2 Å². The Kier molecular flexibility index (Phi) is 4.49. The van der Waals surface area contributed by atoms with Gasteiger partial charge in [0.2, 0.25) is 0 Å². The molecule has 0 aliphatic heterocycles. The van der Waals surface area contributed by atoms with Crippen molar-refractivity contribution in [2.24, 2.45) is 5.41 Å². The van der Waals surface area contributed by atoms with Crippen molar-refractivity contribution in [2.45, 2.75) is 76.2 Å². The van der Waals surface area contributed by atoms with Gasteiger partial charge in [-0.1, -0.05) is 51.7 Å². The fourth-order valence-corrected chi connectivity index (χ4v) is 4.52. The second-order valence-electron chi connectivity index (χ2n) is 7.18. The summed E-state index contributed by atoms with van der Waals surface area (Å²) in [6.45, 7) is 4.45. The molecule has 2 atom stereocenters. The van der Waals surface area contributed by atoms with Gasteiger partial charge in [-0.25, -0.2) is 0 Å². The molecule has 2 fully saturated rings. The van der Waals surface area contributed by atoms with Gasteiger partial charge in [-0.3, -0.25) is 0 Å². The summed E-state index contributed by atoms with van der Waals surface area (Å²) in [6.07, 6.45) is 9.17. The van der Waals surface area contributed by atoms with Gasteiger partial charge >= 0.3 is 0 Å². The molecule has 2 aliphatic rings. The lowest BCUT2D eigenvalue weighted by Gasteiger charge is -2.53. The van der Waals surface area contributed by atoms with Crippen molar-refractivity contribution >= 4 is 11.6 Å². The highest BCUT2D eigenvalue weighted by atomic mass is 35.5. The first-order chi connectivity index (χ1) is 10.1. The van der Waals surface area contributed by atoms with Gasteiger partial charge in [0.25, 0.3) is 0 Å². The molecule has 2 heteroatoms. The van der Waals surface area contributed by atoms with E-state index in [1.807, 2.05) is 0 Å². The summed E-state index contributed by atoms with van der Waals surface area (Å²) in [5.41, 5.74) is 1.59. The number of hydrogen-bond acceptors (Lipinski definition) is 1. The van der Waals surface area contributed by atoms with Crippen LogP contribution in [0, 0.1) is 5.41 Å². The Morgan fingerprint density at radius 1 is 1.14 bits per heavy atom. The number of rotatable bonds is 3. The molecule has 21 heavy (non-hydrogen) atoms. The van der Waals surface area contributed by atoms with Crippen molar-refractivity contribution in [3.8, 4) is 5.75 Å². The van der Waals surface area contributed by atoms with E-state index < -0.39 is 0 Å². The Morgan fingerprint density at radius 2 is 1.86 bits per heavy atom. The zero-order valence-electron chi connectivity index (χ0n) is 13.3. The maximum absolute atomic E-state index is 6.62. The zero-order chi connectivity index (χ0) is 14.9. The molecule has 2 saturated carbocycles. The fraction of sp³-hybridized carbons (Fsp3) is 0.684. The van der Waals surface area contributed by atoms with Crippen molar-refractivity contribution in [1.82, 2.24) is 0 Å². The maximum Gasteiger partial charge on any atom is 0.120 e. The second-order valence-corrected chi connectivity index (χ2v) is 7.71. The average molecular weight is 307 g/mol. The smallest absolute Gasteiger partial charge is 0.120 e. The predicted molar refractivity (Wildman–Crippen MR) is 89.3 cm³/mol. The summed E-state index contributed by atoms with van der Waals surface area (Å²) in [5, 5.41) is 0.314. The maximum atomic E-state index is 6.62.